The minimum Gasteiger partial charge on any atom is -0.303 e. The SMILES string of the molecule is CC(C)(N)OS(=O)(=O)C(F)(F)F. The van der Waals surface area contributed by atoms with Gasteiger partial charge in [0, 0.05) is 0 Å². The van der Waals surface area contributed by atoms with E-state index in [1.165, 1.54) is 0 Å². The van der Waals surface area contributed by atoms with Gasteiger partial charge in [0.05, 0.1) is 0 Å². The fraction of sp³-hybridized carbons (Fsp3) is 1.00. The van der Waals surface area contributed by atoms with Gasteiger partial charge in [-0.1, -0.05) is 0 Å². The molecule has 0 spiro atoms. The lowest BCUT2D eigenvalue weighted by Crippen LogP contribution is -2.41. The van der Waals surface area contributed by atoms with E-state index in [1.807, 2.05) is 0 Å². The first-order valence-electron chi connectivity index (χ1n) is 2.76. The first kappa shape index (κ1) is 11.7. The molecule has 0 rings (SSSR count). The van der Waals surface area contributed by atoms with Crippen molar-refractivity contribution >= 4 is 10.1 Å². The molecule has 12 heavy (non-hydrogen) atoms. The van der Waals surface area contributed by atoms with Crippen molar-refractivity contribution in [3.8, 4) is 0 Å². The quantitative estimate of drug-likeness (QED) is 0.407. The Balaban J connectivity index is 4.70. The van der Waals surface area contributed by atoms with Crippen LogP contribution in [-0.2, 0) is 14.3 Å². The van der Waals surface area contributed by atoms with E-state index in [0.29, 0.717) is 0 Å². The lowest BCUT2D eigenvalue weighted by Gasteiger charge is -2.19. The van der Waals surface area contributed by atoms with Gasteiger partial charge in [-0.15, -0.1) is 0 Å². The minimum atomic E-state index is -5.58. The molecule has 74 valence electrons. The Labute approximate surface area is 67.6 Å². The van der Waals surface area contributed by atoms with Crippen molar-refractivity contribution in [3.63, 3.8) is 0 Å². The van der Waals surface area contributed by atoms with E-state index in [-0.39, 0.29) is 0 Å². The Kier molecular flexibility index (Phi) is 2.78. The van der Waals surface area contributed by atoms with Crippen LogP contribution in [0.15, 0.2) is 0 Å². The van der Waals surface area contributed by atoms with Gasteiger partial charge in [0.2, 0.25) is 0 Å². The molecule has 0 aliphatic carbocycles. The van der Waals surface area contributed by atoms with Crippen molar-refractivity contribution in [2.24, 2.45) is 5.73 Å². The summed E-state index contributed by atoms with van der Waals surface area (Å²) in [5.41, 5.74) is -2.38. The molecule has 0 aliphatic heterocycles. The number of nitrogens with two attached hydrogens (primary N) is 1. The molecule has 0 saturated heterocycles. The summed E-state index contributed by atoms with van der Waals surface area (Å²) in [7, 11) is -5.58. The van der Waals surface area contributed by atoms with Gasteiger partial charge in [-0.25, -0.2) is 4.18 Å². The first-order chi connectivity index (χ1) is 4.96. The van der Waals surface area contributed by atoms with E-state index in [1.54, 1.807) is 0 Å². The van der Waals surface area contributed by atoms with Crippen LogP contribution in [0.3, 0.4) is 0 Å². The van der Waals surface area contributed by atoms with E-state index in [4.69, 9.17) is 5.73 Å². The molecular weight excluding hydrogens is 199 g/mol. The molecule has 2 N–H and O–H groups in total. The zero-order valence-corrected chi connectivity index (χ0v) is 7.16. The maximum Gasteiger partial charge on any atom is 0.523 e. The van der Waals surface area contributed by atoms with Gasteiger partial charge in [-0.2, -0.15) is 21.6 Å². The van der Waals surface area contributed by atoms with E-state index >= 15 is 0 Å². The average Bonchev–Trinajstić information content (AvgIpc) is 1.52. The van der Waals surface area contributed by atoms with Gasteiger partial charge < -0.3 is 5.73 Å². The third kappa shape index (κ3) is 3.37. The summed E-state index contributed by atoms with van der Waals surface area (Å²) in [6, 6.07) is 0. The fourth-order valence-electron chi connectivity index (χ4n) is 0.330. The Hall–Kier alpha value is -0.340. The standard InChI is InChI=1S/C4H8F3NO3S/c1-3(2,8)11-12(9,10)4(5,6)7/h8H2,1-2H3. The second-order valence-electron chi connectivity index (χ2n) is 2.59. The highest BCUT2D eigenvalue weighted by Gasteiger charge is 2.49. The summed E-state index contributed by atoms with van der Waals surface area (Å²) in [6.07, 6.45) is 0. The summed E-state index contributed by atoms with van der Waals surface area (Å²) in [5, 5.41) is 0. The van der Waals surface area contributed by atoms with Crippen LogP contribution >= 0.6 is 0 Å². The second kappa shape index (κ2) is 2.86. The Morgan fingerprint density at radius 2 is 1.58 bits per heavy atom. The Bertz CT molecular complexity index is 250. The molecule has 0 unspecified atom stereocenters. The van der Waals surface area contributed by atoms with Crippen molar-refractivity contribution in [2.45, 2.75) is 25.1 Å². The van der Waals surface area contributed by atoms with Gasteiger partial charge in [-0.05, 0) is 13.8 Å². The van der Waals surface area contributed by atoms with Crippen LogP contribution < -0.4 is 5.73 Å². The third-order valence-corrected chi connectivity index (χ3v) is 1.82. The molecule has 8 heteroatoms. The van der Waals surface area contributed by atoms with Crippen molar-refractivity contribution in [2.75, 3.05) is 0 Å². The number of alkyl halides is 3. The summed E-state index contributed by atoms with van der Waals surface area (Å²) in [4.78, 5) is 0. The van der Waals surface area contributed by atoms with E-state index < -0.39 is 21.4 Å². The molecule has 0 fully saturated rings. The molecule has 0 aliphatic rings. The molecule has 0 amide bonds. The topological polar surface area (TPSA) is 69.4 Å². The minimum absolute atomic E-state index is 0.996. The van der Waals surface area contributed by atoms with Crippen LogP contribution in [0.2, 0.25) is 0 Å². The normalized spacial score (nSPS) is 14.8. The smallest absolute Gasteiger partial charge is 0.303 e. The lowest BCUT2D eigenvalue weighted by atomic mass is 10.4. The first-order valence-corrected chi connectivity index (χ1v) is 4.17. The molecule has 0 radical (unpaired) electrons. The fourth-order valence-corrected chi connectivity index (χ4v) is 0.990. The van der Waals surface area contributed by atoms with Crippen molar-refractivity contribution in [1.82, 2.24) is 0 Å². The van der Waals surface area contributed by atoms with Crippen molar-refractivity contribution in [1.29, 1.82) is 0 Å². The summed E-state index contributed by atoms with van der Waals surface area (Å²) >= 11 is 0. The highest BCUT2D eigenvalue weighted by atomic mass is 32.2. The van der Waals surface area contributed by atoms with Crippen molar-refractivity contribution in [3.05, 3.63) is 0 Å². The van der Waals surface area contributed by atoms with Gasteiger partial charge in [-0.3, -0.25) is 0 Å². The van der Waals surface area contributed by atoms with Crippen LogP contribution in [0.25, 0.3) is 0 Å². The largest absolute Gasteiger partial charge is 0.523 e. The highest BCUT2D eigenvalue weighted by Crippen LogP contribution is 2.26. The van der Waals surface area contributed by atoms with Crippen LogP contribution in [0.5, 0.6) is 0 Å². The maximum atomic E-state index is 11.6. The number of hydrogen-bond donors (Lipinski definition) is 1. The second-order valence-corrected chi connectivity index (χ2v) is 4.12. The molecule has 0 atom stereocenters. The highest BCUT2D eigenvalue weighted by molar-refractivity contribution is 7.87. The van der Waals surface area contributed by atoms with Crippen molar-refractivity contribution < 1.29 is 25.8 Å². The predicted octanol–water partition coefficient (Wildman–Crippen LogP) is 0.547. The van der Waals surface area contributed by atoms with Gasteiger partial charge in [0.15, 0.2) is 0 Å². The molecule has 0 aromatic heterocycles. The van der Waals surface area contributed by atoms with Crippen LogP contribution in [0.4, 0.5) is 13.2 Å². The van der Waals surface area contributed by atoms with Crippen LogP contribution in [-0.4, -0.2) is 19.7 Å². The molecular formula is C4H8F3NO3S. The molecule has 0 bridgehead atoms. The van der Waals surface area contributed by atoms with E-state index in [9.17, 15) is 21.6 Å². The van der Waals surface area contributed by atoms with E-state index in [0.717, 1.165) is 13.8 Å². The zero-order chi connectivity index (χ0) is 10.2. The Morgan fingerprint density at radius 1 is 1.25 bits per heavy atom. The predicted molar refractivity (Wildman–Crippen MR) is 34.3 cm³/mol. The van der Waals surface area contributed by atoms with Gasteiger partial charge >= 0.3 is 15.6 Å². The molecule has 0 saturated carbocycles. The van der Waals surface area contributed by atoms with Gasteiger partial charge in [0.25, 0.3) is 0 Å². The summed E-state index contributed by atoms with van der Waals surface area (Å²) in [5.74, 6) is 0. The maximum absolute atomic E-state index is 11.6. The summed E-state index contributed by atoms with van der Waals surface area (Å²) in [6.45, 7) is 1.99. The van der Waals surface area contributed by atoms with Gasteiger partial charge in [0.1, 0.15) is 5.72 Å². The number of rotatable bonds is 2. The van der Waals surface area contributed by atoms with Crippen LogP contribution in [0.1, 0.15) is 13.8 Å². The van der Waals surface area contributed by atoms with Crippen LogP contribution in [0, 0.1) is 0 Å². The lowest BCUT2D eigenvalue weighted by molar-refractivity contribution is -0.0621. The monoisotopic (exact) mass is 207 g/mol. The summed E-state index contributed by atoms with van der Waals surface area (Å²) < 4.78 is 58.9. The molecule has 0 aromatic carbocycles. The molecule has 4 nitrogen and oxygen atoms in total. The number of hydrogen-bond acceptors (Lipinski definition) is 4. The van der Waals surface area contributed by atoms with E-state index in [2.05, 4.69) is 4.18 Å². The Morgan fingerprint density at radius 3 is 1.67 bits per heavy atom. The third-order valence-electron chi connectivity index (χ3n) is 0.608. The number of halogens is 3. The average molecular weight is 207 g/mol. The molecule has 0 aromatic rings. The molecule has 0 heterocycles. The zero-order valence-electron chi connectivity index (χ0n) is 6.34.